The number of carbonyl (C=O) groups excluding carboxylic acids is 1. The summed E-state index contributed by atoms with van der Waals surface area (Å²) in [7, 11) is 0. The first-order valence-corrected chi connectivity index (χ1v) is 7.89. The van der Waals surface area contributed by atoms with E-state index in [1.807, 2.05) is 0 Å². The Morgan fingerprint density at radius 1 is 1.10 bits per heavy atom. The predicted molar refractivity (Wildman–Crippen MR) is 77.5 cm³/mol. The van der Waals surface area contributed by atoms with E-state index in [9.17, 15) is 9.90 Å². The third kappa shape index (κ3) is 4.54. The molecule has 20 heavy (non-hydrogen) atoms. The average Bonchev–Trinajstić information content (AvgIpc) is 2.41. The van der Waals surface area contributed by atoms with Crippen molar-refractivity contribution in [2.45, 2.75) is 83.0 Å². The van der Waals surface area contributed by atoms with Gasteiger partial charge in [0.05, 0.1) is 18.2 Å². The van der Waals surface area contributed by atoms with E-state index in [2.05, 4.69) is 22.5 Å². The highest BCUT2D eigenvalue weighted by molar-refractivity contribution is 5.73. The molecule has 0 aromatic carbocycles. The van der Waals surface area contributed by atoms with Crippen LogP contribution < -0.4 is 5.32 Å². The third-order valence-electron chi connectivity index (χ3n) is 4.53. The average molecular weight is 281 g/mol. The monoisotopic (exact) mass is 281 g/mol. The minimum absolute atomic E-state index is 0.00758. The maximum absolute atomic E-state index is 11.0. The summed E-state index contributed by atoms with van der Waals surface area (Å²) in [6.45, 7) is 3.78. The van der Waals surface area contributed by atoms with Crippen LogP contribution in [0, 0.1) is 5.92 Å². The molecule has 5 heteroatoms. The summed E-state index contributed by atoms with van der Waals surface area (Å²) in [6, 6.07) is 0.565. The quantitative estimate of drug-likeness (QED) is 0.780. The van der Waals surface area contributed by atoms with Crippen LogP contribution in [-0.4, -0.2) is 35.2 Å². The number of aliphatic hydroxyl groups excluding tert-OH is 1. The molecule has 2 saturated carbocycles. The predicted octanol–water partition coefficient (Wildman–Crippen LogP) is 2.44. The number of nitrogens with one attached hydrogen (secondary N) is 1. The van der Waals surface area contributed by atoms with E-state index in [1.165, 1.54) is 0 Å². The Balaban J connectivity index is 1.76. The first kappa shape index (κ1) is 15.4. The molecule has 2 rings (SSSR count). The Bertz CT molecular complexity index is 351. The summed E-state index contributed by atoms with van der Waals surface area (Å²) < 4.78 is 0. The maximum atomic E-state index is 11.0. The van der Waals surface area contributed by atoms with Gasteiger partial charge in [-0.1, -0.05) is 6.92 Å². The summed E-state index contributed by atoms with van der Waals surface area (Å²) in [6.07, 6.45) is 6.49. The van der Waals surface area contributed by atoms with E-state index < -0.39 is 0 Å². The van der Waals surface area contributed by atoms with Crippen LogP contribution in [0.25, 0.3) is 0 Å². The van der Waals surface area contributed by atoms with E-state index in [1.54, 1.807) is 6.92 Å². The van der Waals surface area contributed by atoms with Crippen LogP contribution >= 0.6 is 0 Å². The third-order valence-corrected chi connectivity index (χ3v) is 4.53. The molecular formula is C15H27N3O2. The van der Waals surface area contributed by atoms with E-state index in [-0.39, 0.29) is 24.1 Å². The van der Waals surface area contributed by atoms with Gasteiger partial charge in [0.1, 0.15) is 0 Å². The Kier molecular flexibility index (Phi) is 5.52. The molecule has 0 radical (unpaired) electrons. The number of azo groups is 1. The maximum Gasteiger partial charge on any atom is 0.217 e. The Morgan fingerprint density at radius 3 is 2.45 bits per heavy atom. The van der Waals surface area contributed by atoms with Crippen LogP contribution in [0.1, 0.15) is 58.8 Å². The van der Waals surface area contributed by atoms with Crippen LogP contribution in [0.2, 0.25) is 0 Å². The number of nitrogens with zero attached hydrogens (tertiary/aromatic N) is 2. The topological polar surface area (TPSA) is 74.0 Å². The van der Waals surface area contributed by atoms with Crippen molar-refractivity contribution in [1.82, 2.24) is 5.32 Å². The van der Waals surface area contributed by atoms with E-state index in [4.69, 9.17) is 0 Å². The fourth-order valence-electron chi connectivity index (χ4n) is 3.26. The van der Waals surface area contributed by atoms with Crippen LogP contribution in [0.4, 0.5) is 0 Å². The minimum atomic E-state index is -0.314. The molecule has 1 amide bonds. The van der Waals surface area contributed by atoms with Gasteiger partial charge in [-0.3, -0.25) is 4.79 Å². The van der Waals surface area contributed by atoms with E-state index >= 15 is 0 Å². The molecule has 2 fully saturated rings. The number of hydrogen-bond donors (Lipinski definition) is 2. The largest absolute Gasteiger partial charge is 0.391 e. The number of amides is 1. The molecule has 0 heterocycles. The summed E-state index contributed by atoms with van der Waals surface area (Å²) in [4.78, 5) is 11.0. The van der Waals surface area contributed by atoms with Gasteiger partial charge in [0.15, 0.2) is 0 Å². The van der Waals surface area contributed by atoms with Gasteiger partial charge in [-0.25, -0.2) is 0 Å². The van der Waals surface area contributed by atoms with Gasteiger partial charge in [-0.05, 0) is 50.9 Å². The van der Waals surface area contributed by atoms with Gasteiger partial charge in [0.25, 0.3) is 0 Å². The molecule has 2 aliphatic rings. The number of hydrogen-bond acceptors (Lipinski definition) is 4. The van der Waals surface area contributed by atoms with Crippen molar-refractivity contribution in [1.29, 1.82) is 0 Å². The molecule has 2 N–H and O–H groups in total. The summed E-state index contributed by atoms with van der Waals surface area (Å²) in [5.74, 6) is 0.687. The van der Waals surface area contributed by atoms with Crippen molar-refractivity contribution in [3.05, 3.63) is 0 Å². The first-order valence-electron chi connectivity index (χ1n) is 7.89. The first-order chi connectivity index (χ1) is 9.54. The zero-order chi connectivity index (χ0) is 14.5. The van der Waals surface area contributed by atoms with Crippen LogP contribution in [0.5, 0.6) is 0 Å². The highest BCUT2D eigenvalue weighted by Crippen LogP contribution is 2.28. The molecule has 0 aliphatic heterocycles. The zero-order valence-electron chi connectivity index (χ0n) is 12.6. The highest BCUT2D eigenvalue weighted by atomic mass is 16.3. The number of rotatable bonds is 3. The van der Waals surface area contributed by atoms with Crippen molar-refractivity contribution >= 4 is 5.91 Å². The molecule has 0 spiro atoms. The minimum Gasteiger partial charge on any atom is -0.391 e. The van der Waals surface area contributed by atoms with Gasteiger partial charge in [0.2, 0.25) is 5.91 Å². The molecule has 0 aromatic heterocycles. The molecule has 0 saturated heterocycles. The fourth-order valence-corrected chi connectivity index (χ4v) is 3.26. The lowest BCUT2D eigenvalue weighted by molar-refractivity contribution is -0.119. The fraction of sp³-hybridized carbons (Fsp3) is 0.933. The summed E-state index contributed by atoms with van der Waals surface area (Å²) in [5, 5.41) is 21.8. The molecule has 3 unspecified atom stereocenters. The second-order valence-corrected chi connectivity index (χ2v) is 6.49. The van der Waals surface area contributed by atoms with E-state index in [0.29, 0.717) is 12.0 Å². The standard InChI is InChI=1S/C15H27N3O2/c1-10-3-8-15(20)14(9-10)18-17-13-6-4-12(5-7-13)16-11(2)19/h10,12-15,20H,3-9H2,1-2H3,(H,16,19). The lowest BCUT2D eigenvalue weighted by Crippen LogP contribution is -2.37. The second-order valence-electron chi connectivity index (χ2n) is 6.49. The molecule has 114 valence electrons. The molecule has 3 atom stereocenters. The Morgan fingerprint density at radius 2 is 1.80 bits per heavy atom. The lowest BCUT2D eigenvalue weighted by atomic mass is 9.85. The smallest absolute Gasteiger partial charge is 0.217 e. The Labute approximate surface area is 121 Å². The van der Waals surface area contributed by atoms with E-state index in [0.717, 1.165) is 44.9 Å². The summed E-state index contributed by atoms with van der Waals surface area (Å²) in [5.41, 5.74) is 0. The van der Waals surface area contributed by atoms with Crippen molar-refractivity contribution in [2.24, 2.45) is 16.1 Å². The van der Waals surface area contributed by atoms with Gasteiger partial charge in [-0.2, -0.15) is 10.2 Å². The molecule has 5 nitrogen and oxygen atoms in total. The number of aliphatic hydroxyl groups is 1. The molecule has 0 aromatic rings. The Hall–Kier alpha value is -0.970. The lowest BCUT2D eigenvalue weighted by Gasteiger charge is -2.29. The van der Waals surface area contributed by atoms with Crippen molar-refractivity contribution in [3.8, 4) is 0 Å². The second kappa shape index (κ2) is 7.16. The molecule has 0 bridgehead atoms. The van der Waals surface area contributed by atoms with Gasteiger partial charge < -0.3 is 10.4 Å². The highest BCUT2D eigenvalue weighted by Gasteiger charge is 2.27. The van der Waals surface area contributed by atoms with Crippen LogP contribution in [0.15, 0.2) is 10.2 Å². The van der Waals surface area contributed by atoms with Crippen LogP contribution in [-0.2, 0) is 4.79 Å². The van der Waals surface area contributed by atoms with Crippen molar-refractivity contribution < 1.29 is 9.90 Å². The molecule has 2 aliphatic carbocycles. The van der Waals surface area contributed by atoms with Crippen molar-refractivity contribution in [2.75, 3.05) is 0 Å². The van der Waals surface area contributed by atoms with Crippen molar-refractivity contribution in [3.63, 3.8) is 0 Å². The summed E-state index contributed by atoms with van der Waals surface area (Å²) >= 11 is 0. The molecular weight excluding hydrogens is 254 g/mol. The number of carbonyl (C=O) groups is 1. The van der Waals surface area contributed by atoms with Gasteiger partial charge in [-0.15, -0.1) is 0 Å². The van der Waals surface area contributed by atoms with Crippen LogP contribution in [0.3, 0.4) is 0 Å². The SMILES string of the molecule is CC(=O)NC1CCC(N=NC2CC(C)CCC2O)CC1. The zero-order valence-corrected chi connectivity index (χ0v) is 12.6. The van der Waals surface area contributed by atoms with Gasteiger partial charge >= 0.3 is 0 Å². The van der Waals surface area contributed by atoms with Gasteiger partial charge in [0, 0.05) is 13.0 Å². The normalized spacial score (nSPS) is 38.9.